The number of rotatable bonds is 4. The molecule has 4 heteroatoms. The standard InChI is InChI=1S/C26H18N4/c1-3-8-19(9-4-1)23-18-24(20-10-5-2-6-11-20)30-26(29-23)22-14-12-21(13-15-22)25-27-16-7-17-28-25/h1-18H. The molecule has 5 rings (SSSR count). The van der Waals surface area contributed by atoms with Gasteiger partial charge in [0.2, 0.25) is 0 Å². The average Bonchev–Trinajstić information content (AvgIpc) is 2.85. The molecule has 0 aliphatic rings. The first-order chi connectivity index (χ1) is 14.9. The number of benzene rings is 3. The predicted molar refractivity (Wildman–Crippen MR) is 119 cm³/mol. The van der Waals surface area contributed by atoms with E-state index in [0.29, 0.717) is 11.6 Å². The smallest absolute Gasteiger partial charge is 0.160 e. The van der Waals surface area contributed by atoms with E-state index in [1.54, 1.807) is 12.4 Å². The highest BCUT2D eigenvalue weighted by Crippen LogP contribution is 2.28. The average molecular weight is 386 g/mol. The van der Waals surface area contributed by atoms with E-state index in [0.717, 1.165) is 33.6 Å². The van der Waals surface area contributed by atoms with E-state index in [1.807, 2.05) is 72.8 Å². The van der Waals surface area contributed by atoms with E-state index < -0.39 is 0 Å². The van der Waals surface area contributed by atoms with Crippen molar-refractivity contribution in [3.63, 3.8) is 0 Å². The van der Waals surface area contributed by atoms with E-state index in [9.17, 15) is 0 Å². The van der Waals surface area contributed by atoms with Gasteiger partial charge in [-0.2, -0.15) is 0 Å². The molecule has 30 heavy (non-hydrogen) atoms. The van der Waals surface area contributed by atoms with Gasteiger partial charge in [0.05, 0.1) is 11.4 Å². The lowest BCUT2D eigenvalue weighted by Gasteiger charge is -2.09. The molecule has 142 valence electrons. The monoisotopic (exact) mass is 386 g/mol. The Morgan fingerprint density at radius 2 is 0.867 bits per heavy atom. The Morgan fingerprint density at radius 3 is 1.37 bits per heavy atom. The van der Waals surface area contributed by atoms with Crippen LogP contribution in [0.25, 0.3) is 45.3 Å². The number of nitrogens with zero attached hydrogens (tertiary/aromatic N) is 4. The first kappa shape index (κ1) is 17.9. The second-order valence-electron chi connectivity index (χ2n) is 6.84. The molecular formula is C26H18N4. The molecule has 0 saturated carbocycles. The third-order valence-corrected chi connectivity index (χ3v) is 4.83. The molecule has 0 spiro atoms. The highest BCUT2D eigenvalue weighted by molar-refractivity contribution is 5.72. The van der Waals surface area contributed by atoms with Crippen molar-refractivity contribution in [1.82, 2.24) is 19.9 Å². The third kappa shape index (κ3) is 3.71. The summed E-state index contributed by atoms with van der Waals surface area (Å²) < 4.78 is 0. The summed E-state index contributed by atoms with van der Waals surface area (Å²) in [6, 6.07) is 32.3. The quantitative estimate of drug-likeness (QED) is 0.384. The zero-order chi connectivity index (χ0) is 20.2. The molecule has 0 radical (unpaired) electrons. The van der Waals surface area contributed by atoms with Gasteiger partial charge < -0.3 is 0 Å². The summed E-state index contributed by atoms with van der Waals surface area (Å²) in [4.78, 5) is 18.4. The molecule has 0 amide bonds. The molecule has 0 atom stereocenters. The van der Waals surface area contributed by atoms with Crippen LogP contribution in [-0.2, 0) is 0 Å². The van der Waals surface area contributed by atoms with Crippen LogP contribution >= 0.6 is 0 Å². The largest absolute Gasteiger partial charge is 0.237 e. The molecular weight excluding hydrogens is 368 g/mol. The topological polar surface area (TPSA) is 51.6 Å². The summed E-state index contributed by atoms with van der Waals surface area (Å²) in [5, 5.41) is 0. The molecule has 0 aliphatic carbocycles. The zero-order valence-corrected chi connectivity index (χ0v) is 16.2. The van der Waals surface area contributed by atoms with Gasteiger partial charge in [0, 0.05) is 34.6 Å². The molecule has 0 unspecified atom stereocenters. The second kappa shape index (κ2) is 8.05. The van der Waals surface area contributed by atoms with Crippen LogP contribution in [0, 0.1) is 0 Å². The van der Waals surface area contributed by atoms with Crippen molar-refractivity contribution in [2.75, 3.05) is 0 Å². The van der Waals surface area contributed by atoms with Crippen LogP contribution in [0.4, 0.5) is 0 Å². The van der Waals surface area contributed by atoms with E-state index in [-0.39, 0.29) is 0 Å². The summed E-state index contributed by atoms with van der Waals surface area (Å²) in [5.74, 6) is 1.39. The summed E-state index contributed by atoms with van der Waals surface area (Å²) in [5.41, 5.74) is 5.83. The molecule has 4 nitrogen and oxygen atoms in total. The van der Waals surface area contributed by atoms with Gasteiger partial charge in [-0.25, -0.2) is 19.9 Å². The number of aromatic nitrogens is 4. The van der Waals surface area contributed by atoms with Gasteiger partial charge in [-0.1, -0.05) is 84.9 Å². The fourth-order valence-electron chi connectivity index (χ4n) is 3.31. The van der Waals surface area contributed by atoms with E-state index in [2.05, 4.69) is 34.2 Å². The van der Waals surface area contributed by atoms with Gasteiger partial charge in [-0.3, -0.25) is 0 Å². The molecule has 3 aromatic carbocycles. The fourth-order valence-corrected chi connectivity index (χ4v) is 3.31. The van der Waals surface area contributed by atoms with Crippen LogP contribution in [0.3, 0.4) is 0 Å². The molecule has 5 aromatic rings. The van der Waals surface area contributed by atoms with E-state index in [1.165, 1.54) is 0 Å². The van der Waals surface area contributed by atoms with Crippen molar-refractivity contribution in [2.45, 2.75) is 0 Å². The molecule has 2 aromatic heterocycles. The Balaban J connectivity index is 1.60. The molecule has 0 saturated heterocycles. The minimum atomic E-state index is 0.690. The fraction of sp³-hybridized carbons (Fsp3) is 0. The number of hydrogen-bond donors (Lipinski definition) is 0. The van der Waals surface area contributed by atoms with Crippen molar-refractivity contribution < 1.29 is 0 Å². The molecule has 2 heterocycles. The summed E-state index contributed by atoms with van der Waals surface area (Å²) in [7, 11) is 0. The van der Waals surface area contributed by atoms with Gasteiger partial charge in [0.15, 0.2) is 11.6 Å². The Morgan fingerprint density at radius 1 is 0.400 bits per heavy atom. The zero-order valence-electron chi connectivity index (χ0n) is 16.2. The van der Waals surface area contributed by atoms with Crippen LogP contribution in [0.2, 0.25) is 0 Å². The molecule has 0 bridgehead atoms. The second-order valence-corrected chi connectivity index (χ2v) is 6.84. The maximum Gasteiger partial charge on any atom is 0.160 e. The maximum atomic E-state index is 4.86. The van der Waals surface area contributed by atoms with Crippen molar-refractivity contribution >= 4 is 0 Å². The Hall–Kier alpha value is -4.18. The molecule has 0 aliphatic heterocycles. The van der Waals surface area contributed by atoms with E-state index >= 15 is 0 Å². The van der Waals surface area contributed by atoms with Gasteiger partial charge >= 0.3 is 0 Å². The van der Waals surface area contributed by atoms with Crippen molar-refractivity contribution in [2.24, 2.45) is 0 Å². The van der Waals surface area contributed by atoms with Crippen LogP contribution in [-0.4, -0.2) is 19.9 Å². The van der Waals surface area contributed by atoms with Gasteiger partial charge in [-0.15, -0.1) is 0 Å². The Kier molecular flexibility index (Phi) is 4.80. The van der Waals surface area contributed by atoms with Crippen molar-refractivity contribution in [3.8, 4) is 45.3 Å². The first-order valence-electron chi connectivity index (χ1n) is 9.74. The van der Waals surface area contributed by atoms with Crippen LogP contribution < -0.4 is 0 Å². The summed E-state index contributed by atoms with van der Waals surface area (Å²) in [6.45, 7) is 0. The van der Waals surface area contributed by atoms with Crippen LogP contribution in [0.15, 0.2) is 109 Å². The Labute approximate surface area is 175 Å². The Bertz CT molecular complexity index is 1200. The lowest BCUT2D eigenvalue weighted by molar-refractivity contribution is 1.17. The maximum absolute atomic E-state index is 4.86. The minimum Gasteiger partial charge on any atom is -0.237 e. The molecule has 0 N–H and O–H groups in total. The SMILES string of the molecule is c1ccc(-c2cc(-c3ccccc3)nc(-c3ccc(-c4ncccn4)cc3)n2)cc1. The van der Waals surface area contributed by atoms with Gasteiger partial charge in [-0.05, 0) is 12.1 Å². The first-order valence-corrected chi connectivity index (χ1v) is 9.74. The predicted octanol–water partition coefficient (Wildman–Crippen LogP) is 5.93. The summed E-state index contributed by atoms with van der Waals surface area (Å²) >= 11 is 0. The highest BCUT2D eigenvalue weighted by Gasteiger charge is 2.11. The lowest BCUT2D eigenvalue weighted by Crippen LogP contribution is -1.96. The van der Waals surface area contributed by atoms with E-state index in [4.69, 9.17) is 9.97 Å². The van der Waals surface area contributed by atoms with Gasteiger partial charge in [0.25, 0.3) is 0 Å². The third-order valence-electron chi connectivity index (χ3n) is 4.83. The van der Waals surface area contributed by atoms with Crippen LogP contribution in [0.1, 0.15) is 0 Å². The van der Waals surface area contributed by atoms with Gasteiger partial charge in [0.1, 0.15) is 0 Å². The minimum absolute atomic E-state index is 0.690. The normalized spacial score (nSPS) is 10.7. The van der Waals surface area contributed by atoms with Crippen LogP contribution in [0.5, 0.6) is 0 Å². The van der Waals surface area contributed by atoms with Crippen molar-refractivity contribution in [1.29, 1.82) is 0 Å². The highest BCUT2D eigenvalue weighted by atomic mass is 14.9. The molecule has 0 fully saturated rings. The lowest BCUT2D eigenvalue weighted by atomic mass is 10.1. The number of hydrogen-bond acceptors (Lipinski definition) is 4. The summed E-state index contributed by atoms with van der Waals surface area (Å²) in [6.07, 6.45) is 3.49. The van der Waals surface area contributed by atoms with Crippen molar-refractivity contribution in [3.05, 3.63) is 109 Å².